The minimum Gasteiger partial charge on any atom is -0.300 e. The Kier molecular flexibility index (Phi) is 5.29. The number of rotatable bonds is 6. The number of unbranched alkanes of at least 4 members (excludes halogenated alkanes) is 1. The van der Waals surface area contributed by atoms with Gasteiger partial charge in [-0.2, -0.15) is 5.26 Å². The molecule has 0 aliphatic carbocycles. The summed E-state index contributed by atoms with van der Waals surface area (Å²) in [7, 11) is 0. The van der Waals surface area contributed by atoms with Crippen LogP contribution in [0.3, 0.4) is 0 Å². The van der Waals surface area contributed by atoms with Crippen molar-refractivity contribution in [2.45, 2.75) is 60.3 Å². The van der Waals surface area contributed by atoms with Gasteiger partial charge in [0, 0.05) is 0 Å². The van der Waals surface area contributed by atoms with E-state index >= 15 is 0 Å². The van der Waals surface area contributed by atoms with E-state index in [9.17, 15) is 4.79 Å². The van der Waals surface area contributed by atoms with Crippen molar-refractivity contribution >= 4 is 5.97 Å². The molecule has 0 spiro atoms. The molecule has 0 amide bonds. The fourth-order valence-corrected chi connectivity index (χ4v) is 2.14. The lowest BCUT2D eigenvalue weighted by Crippen LogP contribution is -2.31. The summed E-state index contributed by atoms with van der Waals surface area (Å²) in [4.78, 5) is 15.1. The Morgan fingerprint density at radius 1 is 1.27 bits per heavy atom. The van der Waals surface area contributed by atoms with E-state index in [1.54, 1.807) is 13.8 Å². The monoisotopic (exact) mass is 216 g/mol. The van der Waals surface area contributed by atoms with Crippen LogP contribution in [-0.4, -0.2) is 11.2 Å². The van der Waals surface area contributed by atoms with Crippen molar-refractivity contribution < 1.29 is 14.9 Å². The van der Waals surface area contributed by atoms with Crippen LogP contribution >= 0.6 is 0 Å². The number of hydrogen-bond donors (Lipinski definition) is 1. The zero-order valence-electron chi connectivity index (χ0n) is 10.6. The van der Waals surface area contributed by atoms with Crippen LogP contribution in [0.2, 0.25) is 0 Å². The molecule has 15 heavy (non-hydrogen) atoms. The quantitative estimate of drug-likeness (QED) is 0.544. The molecular weight excluding hydrogens is 192 g/mol. The molecule has 0 heterocycles. The normalized spacial score (nSPS) is 12.7. The highest BCUT2D eigenvalue weighted by atomic mass is 17.1. The smallest absolute Gasteiger partial charge is 0.300 e. The number of carbonyl (C=O) groups excluding carboxylic acids is 1. The van der Waals surface area contributed by atoms with Gasteiger partial charge in [0.15, 0.2) is 0 Å². The Balaban J connectivity index is 4.35. The third-order valence-corrected chi connectivity index (χ3v) is 2.76. The van der Waals surface area contributed by atoms with Crippen LogP contribution in [0.15, 0.2) is 0 Å². The van der Waals surface area contributed by atoms with Crippen molar-refractivity contribution in [3.63, 3.8) is 0 Å². The van der Waals surface area contributed by atoms with Crippen molar-refractivity contribution in [2.24, 2.45) is 10.8 Å². The van der Waals surface area contributed by atoms with Gasteiger partial charge in [-0.15, -0.1) is 0 Å². The van der Waals surface area contributed by atoms with Crippen LogP contribution in [0.25, 0.3) is 0 Å². The Morgan fingerprint density at radius 3 is 2.20 bits per heavy atom. The van der Waals surface area contributed by atoms with Gasteiger partial charge in [0.2, 0.25) is 0 Å². The second-order valence-corrected chi connectivity index (χ2v) is 5.71. The van der Waals surface area contributed by atoms with Crippen molar-refractivity contribution in [1.82, 2.24) is 0 Å². The first-order valence-electron chi connectivity index (χ1n) is 5.61. The summed E-state index contributed by atoms with van der Waals surface area (Å²) in [6.45, 7) is 10.1. The minimum atomic E-state index is -0.619. The van der Waals surface area contributed by atoms with Crippen LogP contribution in [-0.2, 0) is 9.68 Å². The SMILES string of the molecule is CCCCC(C)(C)CC(C)(C)C(=O)OO. The Bertz CT molecular complexity index is 207. The van der Waals surface area contributed by atoms with Gasteiger partial charge in [-0.3, -0.25) is 0 Å². The molecular formula is C12H24O3. The molecule has 0 aromatic carbocycles. The third-order valence-electron chi connectivity index (χ3n) is 2.76. The van der Waals surface area contributed by atoms with E-state index in [2.05, 4.69) is 25.7 Å². The van der Waals surface area contributed by atoms with Crippen molar-refractivity contribution in [3.8, 4) is 0 Å². The van der Waals surface area contributed by atoms with Gasteiger partial charge in [0.25, 0.3) is 0 Å². The lowest BCUT2D eigenvalue weighted by atomic mass is 9.73. The Morgan fingerprint density at radius 2 is 1.80 bits per heavy atom. The summed E-state index contributed by atoms with van der Waals surface area (Å²) in [6, 6.07) is 0. The molecule has 0 fully saturated rings. The van der Waals surface area contributed by atoms with Gasteiger partial charge < -0.3 is 4.89 Å². The maximum Gasteiger partial charge on any atom is 0.347 e. The minimum absolute atomic E-state index is 0.105. The second kappa shape index (κ2) is 5.50. The van der Waals surface area contributed by atoms with E-state index in [4.69, 9.17) is 5.26 Å². The summed E-state index contributed by atoms with van der Waals surface area (Å²) in [5.74, 6) is -0.549. The van der Waals surface area contributed by atoms with Gasteiger partial charge >= 0.3 is 5.97 Å². The molecule has 0 bridgehead atoms. The molecule has 0 unspecified atom stereocenters. The van der Waals surface area contributed by atoms with Crippen molar-refractivity contribution in [1.29, 1.82) is 0 Å². The van der Waals surface area contributed by atoms with Gasteiger partial charge in [-0.05, 0) is 32.1 Å². The van der Waals surface area contributed by atoms with Gasteiger partial charge in [-0.1, -0.05) is 33.6 Å². The molecule has 0 aromatic rings. The largest absolute Gasteiger partial charge is 0.347 e. The number of carbonyl (C=O) groups is 1. The van der Waals surface area contributed by atoms with Gasteiger partial charge in [0.05, 0.1) is 5.41 Å². The van der Waals surface area contributed by atoms with E-state index in [1.807, 2.05) is 0 Å². The highest BCUT2D eigenvalue weighted by Crippen LogP contribution is 2.37. The number of hydrogen-bond acceptors (Lipinski definition) is 3. The first kappa shape index (κ1) is 14.4. The van der Waals surface area contributed by atoms with Crippen LogP contribution in [0.1, 0.15) is 60.3 Å². The Labute approximate surface area is 92.8 Å². The highest BCUT2D eigenvalue weighted by Gasteiger charge is 2.36. The Hall–Kier alpha value is -0.570. The summed E-state index contributed by atoms with van der Waals surface area (Å²) >= 11 is 0. The highest BCUT2D eigenvalue weighted by molar-refractivity contribution is 5.75. The van der Waals surface area contributed by atoms with Crippen LogP contribution in [0, 0.1) is 10.8 Å². The maximum absolute atomic E-state index is 11.3. The average Bonchev–Trinajstić information content (AvgIpc) is 2.11. The molecule has 3 nitrogen and oxygen atoms in total. The predicted molar refractivity (Wildman–Crippen MR) is 60.4 cm³/mol. The molecule has 1 N–H and O–H groups in total. The molecule has 0 saturated carbocycles. The zero-order valence-corrected chi connectivity index (χ0v) is 10.6. The van der Waals surface area contributed by atoms with E-state index < -0.39 is 11.4 Å². The molecule has 3 heteroatoms. The van der Waals surface area contributed by atoms with E-state index in [0.717, 1.165) is 25.7 Å². The van der Waals surface area contributed by atoms with Crippen molar-refractivity contribution in [3.05, 3.63) is 0 Å². The predicted octanol–water partition coefficient (Wildman–Crippen LogP) is 3.64. The molecule has 0 radical (unpaired) electrons. The van der Waals surface area contributed by atoms with Crippen LogP contribution in [0.5, 0.6) is 0 Å². The molecule has 0 rings (SSSR count). The summed E-state index contributed by atoms with van der Waals surface area (Å²) in [6.07, 6.45) is 4.14. The van der Waals surface area contributed by atoms with Crippen LogP contribution < -0.4 is 0 Å². The van der Waals surface area contributed by atoms with Crippen LogP contribution in [0.4, 0.5) is 0 Å². The van der Waals surface area contributed by atoms with E-state index in [1.165, 1.54) is 0 Å². The first-order valence-corrected chi connectivity index (χ1v) is 5.61. The first-order chi connectivity index (χ1) is 6.75. The fourth-order valence-electron chi connectivity index (χ4n) is 2.14. The zero-order chi connectivity index (χ0) is 12.1. The summed E-state index contributed by atoms with van der Waals surface area (Å²) in [5.41, 5.74) is -0.514. The van der Waals surface area contributed by atoms with E-state index in [0.29, 0.717) is 0 Å². The fraction of sp³-hybridized carbons (Fsp3) is 0.917. The standard InChI is InChI=1S/C12H24O3/c1-6-7-8-11(2,3)9-12(4,5)10(13)15-14/h14H,6-9H2,1-5H3. The third kappa shape index (κ3) is 5.17. The molecule has 0 aromatic heterocycles. The van der Waals surface area contributed by atoms with Gasteiger partial charge in [-0.25, -0.2) is 4.79 Å². The molecule has 0 atom stereocenters. The van der Waals surface area contributed by atoms with Crippen molar-refractivity contribution in [2.75, 3.05) is 0 Å². The molecule has 90 valence electrons. The second-order valence-electron chi connectivity index (χ2n) is 5.71. The maximum atomic E-state index is 11.3. The lowest BCUT2D eigenvalue weighted by molar-refractivity contribution is -0.245. The lowest BCUT2D eigenvalue weighted by Gasteiger charge is -2.32. The molecule has 0 aliphatic heterocycles. The van der Waals surface area contributed by atoms with E-state index in [-0.39, 0.29) is 5.41 Å². The molecule has 0 saturated heterocycles. The van der Waals surface area contributed by atoms with Gasteiger partial charge in [0.1, 0.15) is 0 Å². The summed E-state index contributed by atoms with van der Waals surface area (Å²) in [5, 5.41) is 8.39. The topological polar surface area (TPSA) is 46.5 Å². The average molecular weight is 216 g/mol. The summed E-state index contributed by atoms with van der Waals surface area (Å²) < 4.78 is 0. The molecule has 0 aliphatic rings.